The molecule has 5 aromatic rings. The van der Waals surface area contributed by atoms with Gasteiger partial charge in [0.25, 0.3) is 11.8 Å². The Labute approximate surface area is 298 Å². The fourth-order valence-electron chi connectivity index (χ4n) is 5.10. The monoisotopic (exact) mass is 708 g/mol. The minimum Gasteiger partial charge on any atom is -0.493 e. The van der Waals surface area contributed by atoms with Crippen LogP contribution in [-0.2, 0) is 29.4 Å². The second-order valence-electron chi connectivity index (χ2n) is 11.1. The lowest BCUT2D eigenvalue weighted by molar-refractivity contribution is -0.122. The number of nitrogens with one attached hydrogen (secondary N) is 1. The molecule has 11 heteroatoms. The number of barbiturate groups is 1. The predicted octanol–water partition coefficient (Wildman–Crippen LogP) is 8.41. The summed E-state index contributed by atoms with van der Waals surface area (Å²) in [6.45, 7) is 0.857. The Bertz CT molecular complexity index is 2030. The number of anilines is 1. The molecular formula is C39H30Cl2N2O7. The van der Waals surface area contributed by atoms with E-state index in [0.717, 1.165) is 21.6 Å². The molecule has 0 atom stereocenters. The summed E-state index contributed by atoms with van der Waals surface area (Å²) in [6.07, 6.45) is 1.31. The van der Waals surface area contributed by atoms with Gasteiger partial charge in [-0.05, 0) is 76.9 Å². The first kappa shape index (κ1) is 34.1. The number of amides is 4. The molecule has 0 spiro atoms. The Hall–Kier alpha value is -5.77. The number of hydrogen-bond donors (Lipinski definition) is 1. The summed E-state index contributed by atoms with van der Waals surface area (Å²) in [5.74, 6) is 0.220. The lowest BCUT2D eigenvalue weighted by Gasteiger charge is -2.26. The van der Waals surface area contributed by atoms with Crippen LogP contribution in [-0.4, -0.2) is 25.0 Å². The van der Waals surface area contributed by atoms with Gasteiger partial charge in [0, 0.05) is 0 Å². The molecule has 0 saturated carbocycles. The number of hydrogen-bond acceptors (Lipinski definition) is 7. The number of carbonyl (C=O) groups excluding carboxylic acids is 3. The number of benzene rings is 5. The van der Waals surface area contributed by atoms with Crippen LogP contribution in [0, 0.1) is 0 Å². The second kappa shape index (κ2) is 15.6. The third-order valence-corrected chi connectivity index (χ3v) is 8.19. The van der Waals surface area contributed by atoms with E-state index in [0.29, 0.717) is 36.0 Å². The third-order valence-electron chi connectivity index (χ3n) is 7.62. The van der Waals surface area contributed by atoms with Gasteiger partial charge in [-0.2, -0.15) is 0 Å². The van der Waals surface area contributed by atoms with Gasteiger partial charge in [0.1, 0.15) is 31.1 Å². The van der Waals surface area contributed by atoms with Gasteiger partial charge < -0.3 is 18.9 Å². The first-order valence-corrected chi connectivity index (χ1v) is 16.2. The van der Waals surface area contributed by atoms with Crippen molar-refractivity contribution in [2.75, 3.05) is 12.0 Å². The Balaban J connectivity index is 1.13. The maximum absolute atomic E-state index is 13.5. The van der Waals surface area contributed by atoms with Crippen LogP contribution >= 0.6 is 23.2 Å². The van der Waals surface area contributed by atoms with Crippen molar-refractivity contribution in [1.82, 2.24) is 5.32 Å². The van der Waals surface area contributed by atoms with Crippen LogP contribution < -0.4 is 29.2 Å². The quantitative estimate of drug-likeness (QED) is 0.103. The molecule has 9 nitrogen and oxygen atoms in total. The van der Waals surface area contributed by atoms with E-state index in [-0.39, 0.29) is 33.7 Å². The van der Waals surface area contributed by atoms with Gasteiger partial charge in [-0.1, -0.05) is 89.9 Å². The minimum absolute atomic E-state index is 0.114. The predicted molar refractivity (Wildman–Crippen MR) is 191 cm³/mol. The van der Waals surface area contributed by atoms with Crippen LogP contribution in [0.3, 0.4) is 0 Å². The summed E-state index contributed by atoms with van der Waals surface area (Å²) in [7, 11) is 1.56. The molecule has 1 fully saturated rings. The van der Waals surface area contributed by atoms with Gasteiger partial charge in [-0.15, -0.1) is 0 Å². The van der Waals surface area contributed by atoms with E-state index < -0.39 is 17.8 Å². The van der Waals surface area contributed by atoms with Crippen molar-refractivity contribution in [3.63, 3.8) is 0 Å². The van der Waals surface area contributed by atoms with E-state index in [9.17, 15) is 14.4 Å². The van der Waals surface area contributed by atoms with Crippen LogP contribution in [0.1, 0.15) is 22.3 Å². The van der Waals surface area contributed by atoms with Gasteiger partial charge in [-0.25, -0.2) is 9.69 Å². The normalized spacial score (nSPS) is 13.6. The average Bonchev–Trinajstić information content (AvgIpc) is 3.12. The molecule has 0 aromatic heterocycles. The fraction of sp³-hybridized carbons (Fsp3) is 0.103. The van der Waals surface area contributed by atoms with Crippen molar-refractivity contribution in [2.24, 2.45) is 0 Å². The van der Waals surface area contributed by atoms with Crippen LogP contribution in [0.2, 0.25) is 10.0 Å². The molecule has 0 aliphatic carbocycles. The summed E-state index contributed by atoms with van der Waals surface area (Å²) in [6, 6.07) is 33.4. The number of halogens is 2. The molecule has 50 heavy (non-hydrogen) atoms. The molecule has 4 amide bonds. The van der Waals surface area contributed by atoms with Crippen LogP contribution in [0.25, 0.3) is 6.08 Å². The lowest BCUT2D eigenvalue weighted by Crippen LogP contribution is -2.54. The van der Waals surface area contributed by atoms with Crippen molar-refractivity contribution in [1.29, 1.82) is 0 Å². The summed E-state index contributed by atoms with van der Waals surface area (Å²) in [5, 5.41) is 2.53. The largest absolute Gasteiger partial charge is 0.493 e. The molecule has 0 bridgehead atoms. The molecule has 1 heterocycles. The molecule has 6 rings (SSSR count). The molecular weight excluding hydrogens is 679 g/mol. The average molecular weight is 710 g/mol. The zero-order valence-corrected chi connectivity index (χ0v) is 28.2. The summed E-state index contributed by atoms with van der Waals surface area (Å²) < 4.78 is 23.2. The van der Waals surface area contributed by atoms with Gasteiger partial charge in [0.15, 0.2) is 17.2 Å². The number of nitrogens with zero attached hydrogens (tertiary/aromatic N) is 1. The molecule has 1 N–H and O–H groups in total. The molecule has 0 radical (unpaired) electrons. The Morgan fingerprint density at radius 2 is 1.26 bits per heavy atom. The first-order valence-electron chi connectivity index (χ1n) is 15.4. The lowest BCUT2D eigenvalue weighted by atomic mass is 10.1. The highest BCUT2D eigenvalue weighted by atomic mass is 35.5. The number of ether oxygens (including phenoxy) is 4. The number of urea groups is 1. The van der Waals surface area contributed by atoms with E-state index in [1.807, 2.05) is 66.7 Å². The number of rotatable bonds is 12. The molecule has 0 unspecified atom stereocenters. The summed E-state index contributed by atoms with van der Waals surface area (Å²) in [5.41, 5.74) is 3.12. The Morgan fingerprint density at radius 3 is 1.88 bits per heavy atom. The first-order chi connectivity index (χ1) is 24.3. The molecule has 1 aliphatic heterocycles. The standard InChI is InChI=1S/C39H30Cl2N2O7/c1-47-35-21-27(12-17-34(35)49-23-26-10-6-3-7-11-26)24-50-36-32(40)19-28(20-33(36)41)18-31-37(44)42-39(46)43(38(31)45)29-13-15-30(16-14-29)48-22-25-8-4-2-5-9-25/h2-21H,22-24H2,1H3,(H,42,44,46)/b31-18-. The zero-order valence-electron chi connectivity index (χ0n) is 26.7. The minimum atomic E-state index is -0.873. The summed E-state index contributed by atoms with van der Waals surface area (Å²) in [4.78, 5) is 39.9. The van der Waals surface area contributed by atoms with Crippen molar-refractivity contribution >= 4 is 52.8 Å². The molecule has 1 aliphatic rings. The summed E-state index contributed by atoms with van der Waals surface area (Å²) >= 11 is 13.1. The van der Waals surface area contributed by atoms with Crippen molar-refractivity contribution in [3.05, 3.63) is 153 Å². The SMILES string of the molecule is COc1cc(COc2c(Cl)cc(/C=C3/C(=O)NC(=O)N(c4ccc(OCc5ccccc5)cc4)C3=O)cc2Cl)ccc1OCc1ccccc1. The highest BCUT2D eigenvalue weighted by Crippen LogP contribution is 2.37. The van der Waals surface area contributed by atoms with E-state index in [1.54, 1.807) is 43.5 Å². The molecule has 5 aromatic carbocycles. The number of methoxy groups -OCH3 is 1. The smallest absolute Gasteiger partial charge is 0.335 e. The molecule has 252 valence electrons. The zero-order chi connectivity index (χ0) is 35.0. The van der Waals surface area contributed by atoms with Gasteiger partial charge >= 0.3 is 6.03 Å². The topological polar surface area (TPSA) is 103 Å². The van der Waals surface area contributed by atoms with E-state index in [2.05, 4.69) is 5.32 Å². The van der Waals surface area contributed by atoms with Crippen molar-refractivity contribution in [3.8, 4) is 23.0 Å². The Morgan fingerprint density at radius 1 is 0.660 bits per heavy atom. The van der Waals surface area contributed by atoms with E-state index in [1.165, 1.54) is 18.2 Å². The molecule has 1 saturated heterocycles. The van der Waals surface area contributed by atoms with Gasteiger partial charge in [0.05, 0.1) is 22.8 Å². The number of imide groups is 2. The van der Waals surface area contributed by atoms with Gasteiger partial charge in [-0.3, -0.25) is 14.9 Å². The van der Waals surface area contributed by atoms with E-state index >= 15 is 0 Å². The van der Waals surface area contributed by atoms with Crippen molar-refractivity contribution in [2.45, 2.75) is 19.8 Å². The Kier molecular flexibility index (Phi) is 10.7. The van der Waals surface area contributed by atoms with Crippen LogP contribution in [0.5, 0.6) is 23.0 Å². The fourth-order valence-corrected chi connectivity index (χ4v) is 5.72. The second-order valence-corrected chi connectivity index (χ2v) is 11.9. The highest BCUT2D eigenvalue weighted by molar-refractivity contribution is 6.40. The van der Waals surface area contributed by atoms with E-state index in [4.69, 9.17) is 42.1 Å². The number of carbonyl (C=O) groups is 3. The maximum Gasteiger partial charge on any atom is 0.335 e. The van der Waals surface area contributed by atoms with Crippen molar-refractivity contribution < 1.29 is 33.3 Å². The van der Waals surface area contributed by atoms with Gasteiger partial charge in [0.2, 0.25) is 0 Å². The highest BCUT2D eigenvalue weighted by Gasteiger charge is 2.37. The van der Waals surface area contributed by atoms with Crippen LogP contribution in [0.4, 0.5) is 10.5 Å². The third kappa shape index (κ3) is 8.08. The maximum atomic E-state index is 13.5. The van der Waals surface area contributed by atoms with Crippen LogP contribution in [0.15, 0.2) is 121 Å².